The molecule has 0 saturated heterocycles. The van der Waals surface area contributed by atoms with Gasteiger partial charge in [-0.2, -0.15) is 0 Å². The third kappa shape index (κ3) is 3.05. The fourth-order valence-electron chi connectivity index (χ4n) is 6.65. The largest absolute Gasteiger partial charge is 0.309 e. The van der Waals surface area contributed by atoms with Gasteiger partial charge in [-0.05, 0) is 80.9 Å². The van der Waals surface area contributed by atoms with Crippen molar-refractivity contribution in [1.82, 2.24) is 4.57 Å². The number of aromatic nitrogens is 1. The van der Waals surface area contributed by atoms with Gasteiger partial charge in [-0.15, -0.1) is 0 Å². The Morgan fingerprint density at radius 2 is 1.20 bits per heavy atom. The Labute approximate surface area is 236 Å². The lowest BCUT2D eigenvalue weighted by atomic mass is 9.92. The number of benzene rings is 7. The maximum absolute atomic E-state index is 2.41. The molecule has 7 aromatic carbocycles. The second-order valence-corrected chi connectivity index (χ2v) is 11.6. The molecule has 0 fully saturated rings. The average molecular weight is 526 g/mol. The number of hydrogen-bond acceptors (Lipinski definition) is 1. The monoisotopic (exact) mass is 525 g/mol. The Kier molecular flexibility index (Phi) is 4.61. The highest BCUT2D eigenvalue weighted by Crippen LogP contribution is 2.50. The van der Waals surface area contributed by atoms with Crippen LogP contribution in [0.3, 0.4) is 0 Å². The fraction of sp³-hybridized carbons (Fsp3) is 0. The highest BCUT2D eigenvalue weighted by atomic mass is 32.2. The SMILES string of the molecule is c1ccc(-n2c3ccc(-c4ccc5c6c(cccc46)-c4ccccc4S5)cc3c3c4ccccc4ccc32)cc1. The first-order valence-electron chi connectivity index (χ1n) is 13.7. The van der Waals surface area contributed by atoms with E-state index in [0.717, 1.165) is 0 Å². The summed E-state index contributed by atoms with van der Waals surface area (Å²) < 4.78 is 2.41. The maximum Gasteiger partial charge on any atom is 0.0547 e. The standard InChI is InChI=1S/C38H23NS/c1-2-10-26(11-3-1)39-33-20-18-25(23-32(33)37-28-12-5-4-9-24(28)17-21-34(37)39)27-19-22-36-38-30(27)14-8-15-31(38)29-13-6-7-16-35(29)40-36/h1-23H. The van der Waals surface area contributed by atoms with Crippen LogP contribution in [0.15, 0.2) is 149 Å². The van der Waals surface area contributed by atoms with Crippen molar-refractivity contribution in [3.63, 3.8) is 0 Å². The quantitative estimate of drug-likeness (QED) is 0.217. The Morgan fingerprint density at radius 1 is 0.425 bits per heavy atom. The summed E-state index contributed by atoms with van der Waals surface area (Å²) in [6.07, 6.45) is 0. The molecule has 1 aliphatic heterocycles. The summed E-state index contributed by atoms with van der Waals surface area (Å²) in [4.78, 5) is 2.66. The van der Waals surface area contributed by atoms with Crippen LogP contribution in [0, 0.1) is 0 Å². The molecule has 1 aromatic heterocycles. The molecule has 1 nitrogen and oxygen atoms in total. The van der Waals surface area contributed by atoms with E-state index in [4.69, 9.17) is 0 Å². The van der Waals surface area contributed by atoms with E-state index in [1.54, 1.807) is 0 Å². The summed E-state index contributed by atoms with van der Waals surface area (Å²) in [5.41, 5.74) is 8.84. The molecule has 0 amide bonds. The minimum atomic E-state index is 1.18. The number of fused-ring (bicyclic) bond motifs is 7. The van der Waals surface area contributed by atoms with Crippen molar-refractivity contribution in [2.45, 2.75) is 9.79 Å². The summed E-state index contributed by atoms with van der Waals surface area (Å²) in [7, 11) is 0. The number of para-hydroxylation sites is 1. The predicted molar refractivity (Wildman–Crippen MR) is 171 cm³/mol. The Hall–Kier alpha value is -4.79. The van der Waals surface area contributed by atoms with E-state index in [9.17, 15) is 0 Å². The van der Waals surface area contributed by atoms with Crippen molar-refractivity contribution < 1.29 is 0 Å². The van der Waals surface area contributed by atoms with Crippen LogP contribution in [-0.4, -0.2) is 4.57 Å². The fourth-order valence-corrected chi connectivity index (χ4v) is 7.77. The molecule has 0 saturated carbocycles. The summed E-state index contributed by atoms with van der Waals surface area (Å²) in [6, 6.07) is 51.2. The Balaban J connectivity index is 1.36. The van der Waals surface area contributed by atoms with Crippen LogP contribution < -0.4 is 0 Å². The van der Waals surface area contributed by atoms with Crippen LogP contribution in [0.25, 0.3) is 71.3 Å². The smallest absolute Gasteiger partial charge is 0.0547 e. The number of rotatable bonds is 2. The van der Waals surface area contributed by atoms with Gasteiger partial charge in [0.1, 0.15) is 0 Å². The molecule has 0 spiro atoms. The zero-order valence-corrected chi connectivity index (χ0v) is 22.5. The first kappa shape index (κ1) is 22.1. The molecule has 2 heteroatoms. The van der Waals surface area contributed by atoms with Gasteiger partial charge in [0, 0.05) is 31.6 Å². The minimum Gasteiger partial charge on any atom is -0.309 e. The summed E-state index contributed by atoms with van der Waals surface area (Å²) >= 11 is 1.88. The van der Waals surface area contributed by atoms with Crippen LogP contribution in [0.1, 0.15) is 0 Å². The van der Waals surface area contributed by atoms with Crippen molar-refractivity contribution >= 4 is 55.1 Å². The highest BCUT2D eigenvalue weighted by molar-refractivity contribution is 7.99. The van der Waals surface area contributed by atoms with E-state index < -0.39 is 0 Å². The van der Waals surface area contributed by atoms with E-state index in [1.165, 1.54) is 81.1 Å². The lowest BCUT2D eigenvalue weighted by molar-refractivity contribution is 1.18. The van der Waals surface area contributed by atoms with Crippen LogP contribution >= 0.6 is 11.8 Å². The Bertz CT molecular complexity index is 2290. The zero-order valence-electron chi connectivity index (χ0n) is 21.6. The van der Waals surface area contributed by atoms with E-state index in [2.05, 4.69) is 144 Å². The van der Waals surface area contributed by atoms with Crippen molar-refractivity contribution in [1.29, 1.82) is 0 Å². The highest BCUT2D eigenvalue weighted by Gasteiger charge is 2.21. The molecule has 8 aromatic rings. The van der Waals surface area contributed by atoms with Crippen molar-refractivity contribution in [2.75, 3.05) is 0 Å². The van der Waals surface area contributed by atoms with Crippen molar-refractivity contribution in [2.24, 2.45) is 0 Å². The van der Waals surface area contributed by atoms with Crippen molar-refractivity contribution in [3.8, 4) is 27.9 Å². The summed E-state index contributed by atoms with van der Waals surface area (Å²) in [5.74, 6) is 0. The normalized spacial score (nSPS) is 12.4. The van der Waals surface area contributed by atoms with Gasteiger partial charge < -0.3 is 4.57 Å². The summed E-state index contributed by atoms with van der Waals surface area (Å²) in [5, 5.41) is 7.83. The van der Waals surface area contributed by atoms with Crippen LogP contribution in [0.5, 0.6) is 0 Å². The number of nitrogens with zero attached hydrogens (tertiary/aromatic N) is 1. The van der Waals surface area contributed by atoms with Crippen LogP contribution in [0.4, 0.5) is 0 Å². The van der Waals surface area contributed by atoms with Crippen LogP contribution in [-0.2, 0) is 0 Å². The van der Waals surface area contributed by atoms with Gasteiger partial charge in [0.05, 0.1) is 11.0 Å². The molecule has 0 radical (unpaired) electrons. The van der Waals surface area contributed by atoms with E-state index in [0.29, 0.717) is 0 Å². The van der Waals surface area contributed by atoms with E-state index >= 15 is 0 Å². The van der Waals surface area contributed by atoms with Crippen LogP contribution in [0.2, 0.25) is 0 Å². The van der Waals surface area contributed by atoms with E-state index in [-0.39, 0.29) is 0 Å². The third-order valence-corrected chi connectivity index (χ3v) is 9.52. The minimum absolute atomic E-state index is 1.18. The second-order valence-electron chi connectivity index (χ2n) is 10.5. The molecule has 40 heavy (non-hydrogen) atoms. The molecule has 0 N–H and O–H groups in total. The molecule has 1 aliphatic rings. The van der Waals surface area contributed by atoms with Gasteiger partial charge in [-0.3, -0.25) is 0 Å². The molecular weight excluding hydrogens is 502 g/mol. The van der Waals surface area contributed by atoms with Gasteiger partial charge >= 0.3 is 0 Å². The molecule has 0 bridgehead atoms. The predicted octanol–water partition coefficient (Wildman–Crippen LogP) is 10.9. The third-order valence-electron chi connectivity index (χ3n) is 8.38. The second kappa shape index (κ2) is 8.35. The molecule has 0 aliphatic carbocycles. The van der Waals surface area contributed by atoms with Gasteiger partial charge in [-0.25, -0.2) is 0 Å². The van der Waals surface area contributed by atoms with Gasteiger partial charge in [0.2, 0.25) is 0 Å². The molecule has 0 unspecified atom stereocenters. The topological polar surface area (TPSA) is 4.93 Å². The first-order chi connectivity index (χ1) is 19.8. The van der Waals surface area contributed by atoms with E-state index in [1.807, 2.05) is 11.8 Å². The molecule has 9 rings (SSSR count). The Morgan fingerprint density at radius 3 is 2.15 bits per heavy atom. The zero-order chi connectivity index (χ0) is 26.2. The van der Waals surface area contributed by atoms with Crippen molar-refractivity contribution in [3.05, 3.63) is 140 Å². The van der Waals surface area contributed by atoms with Gasteiger partial charge in [0.15, 0.2) is 0 Å². The lowest BCUT2D eigenvalue weighted by Crippen LogP contribution is -1.94. The molecule has 2 heterocycles. The first-order valence-corrected chi connectivity index (χ1v) is 14.5. The number of hydrogen-bond donors (Lipinski definition) is 0. The average Bonchev–Trinajstić information content (AvgIpc) is 3.36. The van der Waals surface area contributed by atoms with Gasteiger partial charge in [0.25, 0.3) is 0 Å². The molecule has 186 valence electrons. The van der Waals surface area contributed by atoms with Gasteiger partial charge in [-0.1, -0.05) is 109 Å². The maximum atomic E-state index is 2.41. The molecule has 0 atom stereocenters. The molecular formula is C38H23NS. The summed E-state index contributed by atoms with van der Waals surface area (Å²) in [6.45, 7) is 0. The lowest BCUT2D eigenvalue weighted by Gasteiger charge is -2.21.